The maximum absolute atomic E-state index is 11.6. The lowest BCUT2D eigenvalue weighted by atomic mass is 10.1. The van der Waals surface area contributed by atoms with Gasteiger partial charge in [0.25, 0.3) is 0 Å². The second-order valence-corrected chi connectivity index (χ2v) is 4.00. The van der Waals surface area contributed by atoms with Gasteiger partial charge < -0.3 is 9.64 Å². The summed E-state index contributed by atoms with van der Waals surface area (Å²) in [5, 5.41) is 0. The predicted molar refractivity (Wildman–Crippen MR) is 70.1 cm³/mol. The van der Waals surface area contributed by atoms with Gasteiger partial charge in [-0.3, -0.25) is 4.79 Å². The van der Waals surface area contributed by atoms with Gasteiger partial charge >= 0.3 is 5.97 Å². The first-order valence-electron chi connectivity index (χ1n) is 6.10. The van der Waals surface area contributed by atoms with Crippen LogP contribution < -0.4 is 4.90 Å². The molecule has 1 aromatic rings. The largest absolute Gasteiger partial charge is 0.469 e. The molecule has 0 N–H and O–H groups in total. The molecular formula is C14H21NO2. The lowest BCUT2D eigenvalue weighted by molar-refractivity contribution is -0.145. The molecule has 0 aliphatic rings. The van der Waals surface area contributed by atoms with Gasteiger partial charge in [-0.25, -0.2) is 0 Å². The van der Waals surface area contributed by atoms with Gasteiger partial charge in [-0.15, -0.1) is 0 Å². The van der Waals surface area contributed by atoms with Gasteiger partial charge in [0.1, 0.15) is 0 Å². The highest BCUT2D eigenvalue weighted by atomic mass is 16.5. The number of hydrogen-bond acceptors (Lipinski definition) is 3. The van der Waals surface area contributed by atoms with Gasteiger partial charge in [-0.1, -0.05) is 25.1 Å². The Labute approximate surface area is 103 Å². The Bertz CT molecular complexity index is 337. The van der Waals surface area contributed by atoms with Crippen molar-refractivity contribution in [3.63, 3.8) is 0 Å². The number of ether oxygens (including phenoxy) is 1. The number of hydrogen-bond donors (Lipinski definition) is 0. The van der Waals surface area contributed by atoms with E-state index < -0.39 is 0 Å². The molecule has 0 bridgehead atoms. The topological polar surface area (TPSA) is 29.5 Å². The number of esters is 1. The summed E-state index contributed by atoms with van der Waals surface area (Å²) in [5.74, 6) is -0.179. The van der Waals surface area contributed by atoms with E-state index >= 15 is 0 Å². The smallest absolute Gasteiger partial charge is 0.310 e. The molecule has 0 saturated heterocycles. The van der Waals surface area contributed by atoms with Crippen molar-refractivity contribution < 1.29 is 9.53 Å². The summed E-state index contributed by atoms with van der Waals surface area (Å²) in [7, 11) is 1.45. The molecule has 0 saturated carbocycles. The molecule has 1 aromatic carbocycles. The minimum atomic E-state index is -0.123. The summed E-state index contributed by atoms with van der Waals surface area (Å²) < 4.78 is 4.82. The second-order valence-electron chi connectivity index (χ2n) is 4.00. The molecular weight excluding hydrogens is 214 g/mol. The highest BCUT2D eigenvalue weighted by Crippen LogP contribution is 2.16. The van der Waals surface area contributed by atoms with Crippen molar-refractivity contribution in [1.82, 2.24) is 0 Å². The molecule has 1 unspecified atom stereocenters. The quantitative estimate of drug-likeness (QED) is 0.710. The van der Waals surface area contributed by atoms with Crippen LogP contribution in [0.1, 0.15) is 20.3 Å². The molecule has 3 heteroatoms. The van der Waals surface area contributed by atoms with Crippen molar-refractivity contribution in [2.24, 2.45) is 5.92 Å². The fraction of sp³-hybridized carbons (Fsp3) is 0.500. The number of anilines is 1. The van der Waals surface area contributed by atoms with Crippen LogP contribution in [0.5, 0.6) is 0 Å². The van der Waals surface area contributed by atoms with Crippen LogP contribution in [0, 0.1) is 5.92 Å². The summed E-state index contributed by atoms with van der Waals surface area (Å²) in [4.78, 5) is 13.8. The number of rotatable bonds is 6. The standard InChI is InChI=1S/C14H21NO2/c1-4-12(14(16)17-3)11-15(5-2)13-9-7-6-8-10-13/h6-10,12H,4-5,11H2,1-3H3. The monoisotopic (exact) mass is 235 g/mol. The predicted octanol–water partition coefficient (Wildman–Crippen LogP) is 2.71. The third-order valence-electron chi connectivity index (χ3n) is 2.97. The molecule has 3 nitrogen and oxygen atoms in total. The van der Waals surface area contributed by atoms with Crippen LogP contribution in [0.4, 0.5) is 5.69 Å². The fourth-order valence-corrected chi connectivity index (χ4v) is 1.86. The van der Waals surface area contributed by atoms with Gasteiger partial charge in [0, 0.05) is 18.8 Å². The number of para-hydroxylation sites is 1. The fourth-order valence-electron chi connectivity index (χ4n) is 1.86. The Kier molecular flexibility index (Phi) is 5.53. The van der Waals surface area contributed by atoms with E-state index in [1.54, 1.807) is 0 Å². The van der Waals surface area contributed by atoms with Gasteiger partial charge in [0.05, 0.1) is 13.0 Å². The molecule has 0 amide bonds. The van der Waals surface area contributed by atoms with Crippen molar-refractivity contribution in [3.05, 3.63) is 30.3 Å². The third-order valence-corrected chi connectivity index (χ3v) is 2.97. The normalized spacial score (nSPS) is 11.9. The van der Waals surface area contributed by atoms with Crippen molar-refractivity contribution in [2.75, 3.05) is 25.1 Å². The summed E-state index contributed by atoms with van der Waals surface area (Å²) >= 11 is 0. The van der Waals surface area contributed by atoms with E-state index in [0.29, 0.717) is 6.54 Å². The molecule has 0 aliphatic heterocycles. The van der Waals surface area contributed by atoms with Crippen LogP contribution in [-0.2, 0) is 9.53 Å². The number of carbonyl (C=O) groups excluding carboxylic acids is 1. The van der Waals surface area contributed by atoms with Crippen molar-refractivity contribution in [1.29, 1.82) is 0 Å². The van der Waals surface area contributed by atoms with Crippen LogP contribution in [-0.4, -0.2) is 26.2 Å². The number of methoxy groups -OCH3 is 1. The molecule has 0 spiro atoms. The number of benzene rings is 1. The lowest BCUT2D eigenvalue weighted by Gasteiger charge is -2.26. The summed E-state index contributed by atoms with van der Waals surface area (Å²) in [6, 6.07) is 10.1. The summed E-state index contributed by atoms with van der Waals surface area (Å²) in [6.07, 6.45) is 0.802. The zero-order valence-electron chi connectivity index (χ0n) is 10.8. The van der Waals surface area contributed by atoms with Crippen LogP contribution in [0.2, 0.25) is 0 Å². The highest BCUT2D eigenvalue weighted by molar-refractivity contribution is 5.73. The lowest BCUT2D eigenvalue weighted by Crippen LogP contribution is -2.33. The Morgan fingerprint density at radius 1 is 1.29 bits per heavy atom. The summed E-state index contributed by atoms with van der Waals surface area (Å²) in [5.41, 5.74) is 1.15. The zero-order valence-corrected chi connectivity index (χ0v) is 10.8. The van der Waals surface area contributed by atoms with Crippen LogP contribution in [0.15, 0.2) is 30.3 Å². The van der Waals surface area contributed by atoms with E-state index in [-0.39, 0.29) is 11.9 Å². The molecule has 1 atom stereocenters. The Morgan fingerprint density at radius 2 is 1.94 bits per heavy atom. The van der Waals surface area contributed by atoms with E-state index in [2.05, 4.69) is 24.0 Å². The van der Waals surface area contributed by atoms with Gasteiger partial charge in [0.2, 0.25) is 0 Å². The van der Waals surface area contributed by atoms with Crippen molar-refractivity contribution in [3.8, 4) is 0 Å². The average Bonchev–Trinajstić information content (AvgIpc) is 2.40. The Morgan fingerprint density at radius 3 is 2.41 bits per heavy atom. The van der Waals surface area contributed by atoms with Gasteiger partial charge in [-0.05, 0) is 25.5 Å². The molecule has 0 radical (unpaired) electrons. The molecule has 1 rings (SSSR count). The molecule has 0 fully saturated rings. The Hall–Kier alpha value is -1.51. The molecule has 94 valence electrons. The maximum atomic E-state index is 11.6. The maximum Gasteiger partial charge on any atom is 0.310 e. The van der Waals surface area contributed by atoms with E-state index in [1.165, 1.54) is 7.11 Å². The van der Waals surface area contributed by atoms with Crippen molar-refractivity contribution >= 4 is 11.7 Å². The van der Waals surface area contributed by atoms with E-state index in [4.69, 9.17) is 4.74 Å². The molecule has 17 heavy (non-hydrogen) atoms. The van der Waals surface area contributed by atoms with Crippen LogP contribution in [0.25, 0.3) is 0 Å². The Balaban J connectivity index is 2.72. The van der Waals surface area contributed by atoms with Gasteiger partial charge in [0.15, 0.2) is 0 Å². The van der Waals surface area contributed by atoms with Crippen LogP contribution in [0.3, 0.4) is 0 Å². The van der Waals surface area contributed by atoms with Crippen LogP contribution >= 0.6 is 0 Å². The second kappa shape index (κ2) is 6.94. The first kappa shape index (κ1) is 13.6. The molecule has 0 aromatic heterocycles. The number of nitrogens with zero attached hydrogens (tertiary/aromatic N) is 1. The van der Waals surface area contributed by atoms with E-state index in [1.807, 2.05) is 25.1 Å². The summed E-state index contributed by atoms with van der Waals surface area (Å²) in [6.45, 7) is 5.71. The minimum Gasteiger partial charge on any atom is -0.469 e. The van der Waals surface area contributed by atoms with Gasteiger partial charge in [-0.2, -0.15) is 0 Å². The van der Waals surface area contributed by atoms with Crippen molar-refractivity contribution in [2.45, 2.75) is 20.3 Å². The minimum absolute atomic E-state index is 0.0554. The zero-order chi connectivity index (χ0) is 12.7. The van der Waals surface area contributed by atoms with E-state index in [0.717, 1.165) is 18.7 Å². The first-order chi connectivity index (χ1) is 8.22. The highest BCUT2D eigenvalue weighted by Gasteiger charge is 2.20. The molecule has 0 heterocycles. The first-order valence-corrected chi connectivity index (χ1v) is 6.10. The number of carbonyl (C=O) groups is 1. The average molecular weight is 235 g/mol. The molecule has 0 aliphatic carbocycles. The third kappa shape index (κ3) is 3.77. The SMILES string of the molecule is CCC(CN(CC)c1ccccc1)C(=O)OC. The van der Waals surface area contributed by atoms with E-state index in [9.17, 15) is 4.79 Å².